The van der Waals surface area contributed by atoms with Gasteiger partial charge in [0.25, 0.3) is 5.91 Å². The monoisotopic (exact) mass is 414 g/mol. The van der Waals surface area contributed by atoms with Gasteiger partial charge in [-0.05, 0) is 36.4 Å². The van der Waals surface area contributed by atoms with Gasteiger partial charge in [0, 0.05) is 17.0 Å². The van der Waals surface area contributed by atoms with Gasteiger partial charge in [-0.1, -0.05) is 6.07 Å². The molecule has 3 aromatic heterocycles. The van der Waals surface area contributed by atoms with Crippen molar-refractivity contribution in [2.45, 2.75) is 0 Å². The number of hydrogen-bond acceptors (Lipinski definition) is 7. The smallest absolute Gasteiger partial charge is 0.279 e. The number of aromatic nitrogens is 6. The first-order valence-electron chi connectivity index (χ1n) is 9.26. The summed E-state index contributed by atoms with van der Waals surface area (Å²) in [5.74, 6) is 0.953. The van der Waals surface area contributed by atoms with E-state index in [1.165, 1.54) is 10.8 Å². The van der Waals surface area contributed by atoms with Crippen LogP contribution in [0.5, 0.6) is 11.5 Å². The van der Waals surface area contributed by atoms with Crippen LogP contribution >= 0.6 is 0 Å². The molecule has 0 aliphatic rings. The van der Waals surface area contributed by atoms with Crippen molar-refractivity contribution < 1.29 is 14.3 Å². The fourth-order valence-electron chi connectivity index (χ4n) is 3.29. The minimum Gasteiger partial charge on any atom is -0.493 e. The molecule has 5 aromatic rings. The Morgan fingerprint density at radius 2 is 2.03 bits per heavy atom. The highest BCUT2D eigenvalue weighted by Crippen LogP contribution is 2.32. The van der Waals surface area contributed by atoms with Gasteiger partial charge in [-0.2, -0.15) is 14.7 Å². The molecule has 5 rings (SSSR count). The van der Waals surface area contributed by atoms with E-state index in [0.29, 0.717) is 33.7 Å². The zero-order valence-electron chi connectivity index (χ0n) is 16.6. The number of benzene rings is 2. The van der Waals surface area contributed by atoms with Crippen LogP contribution in [0.3, 0.4) is 0 Å². The average molecular weight is 414 g/mol. The number of hydrogen-bond donors (Lipinski definition) is 2. The number of fused-ring (bicyclic) bond motifs is 2. The Morgan fingerprint density at radius 3 is 2.87 bits per heavy atom. The first-order valence-corrected chi connectivity index (χ1v) is 9.26. The van der Waals surface area contributed by atoms with Crippen molar-refractivity contribution in [3.05, 3.63) is 60.6 Å². The van der Waals surface area contributed by atoms with Crippen molar-refractivity contribution in [2.75, 3.05) is 19.5 Å². The highest BCUT2D eigenvalue weighted by Gasteiger charge is 2.18. The largest absolute Gasteiger partial charge is 0.493 e. The van der Waals surface area contributed by atoms with Crippen LogP contribution < -0.4 is 14.8 Å². The number of nitrogens with one attached hydrogen (secondary N) is 2. The number of carbonyl (C=O) groups excluding carboxylic acids is 1. The summed E-state index contributed by atoms with van der Waals surface area (Å²) in [6.07, 6.45) is 1.39. The van der Waals surface area contributed by atoms with Crippen LogP contribution in [0.2, 0.25) is 0 Å². The van der Waals surface area contributed by atoms with Gasteiger partial charge < -0.3 is 9.47 Å². The van der Waals surface area contributed by atoms with Gasteiger partial charge in [0.05, 0.1) is 25.4 Å². The van der Waals surface area contributed by atoms with Gasteiger partial charge in [0.1, 0.15) is 6.33 Å². The first kappa shape index (κ1) is 18.6. The summed E-state index contributed by atoms with van der Waals surface area (Å²) in [5, 5.41) is 14.6. The van der Waals surface area contributed by atoms with Gasteiger partial charge in [0.2, 0.25) is 5.95 Å². The van der Waals surface area contributed by atoms with E-state index < -0.39 is 5.91 Å². The molecule has 2 N–H and O–H groups in total. The number of H-pyrrole nitrogens is 1. The quantitative estimate of drug-likeness (QED) is 0.454. The number of carbonyl (C=O) groups is 1. The molecule has 3 heterocycles. The fraction of sp³-hybridized carbons (Fsp3) is 0.0952. The van der Waals surface area contributed by atoms with E-state index in [-0.39, 0.29) is 11.6 Å². The first-order chi connectivity index (χ1) is 15.2. The molecular formula is C21H16N7O3. The average Bonchev–Trinajstić information content (AvgIpc) is 3.45. The number of anilines is 1. The molecule has 153 valence electrons. The maximum atomic E-state index is 12.9. The standard InChI is InChI=1S/C21H16N7O3/c1-30-16-8-7-12(9-17(16)31-2)15-10-18-22-11-23-28(18)21(24-15)25-20(29)19-13-5-3-4-6-14(13)26-27-19/h3,5-11H,1-2H3,(H,26,27)(H,24,25,29). The number of amides is 1. The molecule has 0 saturated carbocycles. The molecule has 10 heteroatoms. The molecule has 0 spiro atoms. The maximum Gasteiger partial charge on any atom is 0.279 e. The summed E-state index contributed by atoms with van der Waals surface area (Å²) in [5.41, 5.74) is 2.83. The summed E-state index contributed by atoms with van der Waals surface area (Å²) in [7, 11) is 3.14. The lowest BCUT2D eigenvalue weighted by atomic mass is 10.1. The topological polar surface area (TPSA) is 119 Å². The predicted molar refractivity (Wildman–Crippen MR) is 112 cm³/mol. The van der Waals surface area contributed by atoms with E-state index in [9.17, 15) is 4.79 Å². The lowest BCUT2D eigenvalue weighted by Crippen LogP contribution is -2.17. The zero-order chi connectivity index (χ0) is 21.4. The van der Waals surface area contributed by atoms with Crippen LogP contribution in [0.4, 0.5) is 5.95 Å². The Balaban J connectivity index is 1.56. The molecule has 0 saturated heterocycles. The number of methoxy groups -OCH3 is 2. The number of rotatable bonds is 5. The lowest BCUT2D eigenvalue weighted by Gasteiger charge is -2.11. The van der Waals surface area contributed by atoms with Crippen molar-refractivity contribution >= 4 is 28.4 Å². The Hall–Kier alpha value is -4.47. The molecule has 0 fully saturated rings. The zero-order valence-corrected chi connectivity index (χ0v) is 16.6. The van der Waals surface area contributed by atoms with E-state index in [1.54, 1.807) is 50.6 Å². The molecule has 10 nitrogen and oxygen atoms in total. The molecule has 1 amide bonds. The summed E-state index contributed by atoms with van der Waals surface area (Å²) >= 11 is 0. The summed E-state index contributed by atoms with van der Waals surface area (Å²) in [6.45, 7) is 0. The van der Waals surface area contributed by atoms with Crippen LogP contribution in [0.15, 0.2) is 48.8 Å². The van der Waals surface area contributed by atoms with E-state index >= 15 is 0 Å². The van der Waals surface area contributed by atoms with Gasteiger partial charge in [-0.25, -0.2) is 9.97 Å². The van der Waals surface area contributed by atoms with E-state index in [0.717, 1.165) is 5.56 Å². The highest BCUT2D eigenvalue weighted by molar-refractivity contribution is 6.10. The number of aromatic amines is 1. The van der Waals surface area contributed by atoms with E-state index in [1.807, 2.05) is 6.07 Å². The lowest BCUT2D eigenvalue weighted by molar-refractivity contribution is 0.102. The van der Waals surface area contributed by atoms with Crippen molar-refractivity contribution in [1.82, 2.24) is 29.8 Å². The molecule has 0 atom stereocenters. The Kier molecular flexibility index (Phi) is 4.43. The summed E-state index contributed by atoms with van der Waals surface area (Å²) in [6, 6.07) is 15.4. The van der Waals surface area contributed by atoms with Crippen LogP contribution in [0.25, 0.3) is 27.8 Å². The SMILES string of the molecule is COc1ccc(-c2cc3ncnn3c(NC(=O)c3n[nH]c4c[c]ccc34)n2)cc1OC. The van der Waals surface area contributed by atoms with Crippen LogP contribution in [0.1, 0.15) is 10.5 Å². The Bertz CT molecular complexity index is 1420. The number of nitrogens with zero attached hydrogens (tertiary/aromatic N) is 5. The van der Waals surface area contributed by atoms with Crippen molar-refractivity contribution in [2.24, 2.45) is 0 Å². The normalized spacial score (nSPS) is 11.0. The molecule has 0 unspecified atom stereocenters. The molecule has 0 bridgehead atoms. The second kappa shape index (κ2) is 7.41. The third-order valence-corrected chi connectivity index (χ3v) is 4.79. The molecule has 1 radical (unpaired) electrons. The Morgan fingerprint density at radius 1 is 1.16 bits per heavy atom. The minimum atomic E-state index is -0.425. The van der Waals surface area contributed by atoms with Crippen LogP contribution in [0, 0.1) is 6.07 Å². The van der Waals surface area contributed by atoms with Gasteiger partial charge in [-0.15, -0.1) is 0 Å². The summed E-state index contributed by atoms with van der Waals surface area (Å²) < 4.78 is 12.1. The number of ether oxygens (including phenoxy) is 2. The third-order valence-electron chi connectivity index (χ3n) is 4.79. The molecule has 31 heavy (non-hydrogen) atoms. The predicted octanol–water partition coefficient (Wildman–Crippen LogP) is 2.74. The van der Waals surface area contributed by atoms with Crippen molar-refractivity contribution in [1.29, 1.82) is 0 Å². The molecular weight excluding hydrogens is 398 g/mol. The van der Waals surface area contributed by atoms with Gasteiger partial charge in [-0.3, -0.25) is 15.2 Å². The third kappa shape index (κ3) is 3.19. The van der Waals surface area contributed by atoms with Gasteiger partial charge in [0.15, 0.2) is 22.8 Å². The summed E-state index contributed by atoms with van der Waals surface area (Å²) in [4.78, 5) is 21.8. The van der Waals surface area contributed by atoms with Crippen molar-refractivity contribution in [3.63, 3.8) is 0 Å². The second-order valence-electron chi connectivity index (χ2n) is 6.56. The van der Waals surface area contributed by atoms with Crippen molar-refractivity contribution in [3.8, 4) is 22.8 Å². The molecule has 0 aliphatic heterocycles. The molecule has 2 aromatic carbocycles. The highest BCUT2D eigenvalue weighted by atomic mass is 16.5. The Labute approximate surface area is 175 Å². The fourth-order valence-corrected chi connectivity index (χ4v) is 3.29. The maximum absolute atomic E-state index is 12.9. The van der Waals surface area contributed by atoms with Crippen LogP contribution in [-0.4, -0.2) is 49.9 Å². The van der Waals surface area contributed by atoms with Gasteiger partial charge >= 0.3 is 0 Å². The van der Waals surface area contributed by atoms with E-state index in [2.05, 4.69) is 36.6 Å². The molecule has 0 aliphatic carbocycles. The van der Waals surface area contributed by atoms with Crippen LogP contribution in [-0.2, 0) is 0 Å². The van der Waals surface area contributed by atoms with E-state index in [4.69, 9.17) is 9.47 Å². The second-order valence-corrected chi connectivity index (χ2v) is 6.56. The minimum absolute atomic E-state index is 0.212.